The highest BCUT2D eigenvalue weighted by Gasteiger charge is 2.28. The maximum Gasteiger partial charge on any atom is 0.0249 e. The Kier molecular flexibility index (Phi) is 9.15. The summed E-state index contributed by atoms with van der Waals surface area (Å²) < 4.78 is 0. The van der Waals surface area contributed by atoms with Gasteiger partial charge in [-0.15, -0.1) is 0 Å². The molecular formula is C18H42N4. The lowest BCUT2D eigenvalue weighted by atomic mass is 9.95. The first-order valence-corrected chi connectivity index (χ1v) is 8.70. The number of likely N-dealkylation sites (N-methyl/N-ethyl adjacent to an activating group) is 4. The summed E-state index contributed by atoms with van der Waals surface area (Å²) >= 11 is 0. The van der Waals surface area contributed by atoms with Crippen LogP contribution in [0.1, 0.15) is 48.0 Å². The molecule has 4 heteroatoms. The summed E-state index contributed by atoms with van der Waals surface area (Å²) in [5, 5.41) is 3.39. The number of rotatable bonds is 11. The molecule has 0 amide bonds. The average Bonchev–Trinajstić information content (AvgIpc) is 2.41. The van der Waals surface area contributed by atoms with Crippen molar-refractivity contribution < 1.29 is 0 Å². The van der Waals surface area contributed by atoms with E-state index in [4.69, 9.17) is 0 Å². The molecule has 134 valence electrons. The van der Waals surface area contributed by atoms with Crippen LogP contribution in [0.5, 0.6) is 0 Å². The molecule has 0 atom stereocenters. The molecule has 0 rings (SSSR count). The monoisotopic (exact) mass is 314 g/mol. The summed E-state index contributed by atoms with van der Waals surface area (Å²) in [6.07, 6.45) is 1.19. The van der Waals surface area contributed by atoms with Crippen LogP contribution >= 0.6 is 0 Å². The molecule has 0 aliphatic rings. The second kappa shape index (κ2) is 9.21. The van der Waals surface area contributed by atoms with Crippen LogP contribution in [0.4, 0.5) is 0 Å². The SMILES string of the molecule is CNC(C)(C)CN(C)C(C)(C)CCN(C)CCN(C)C(C)C. The second-order valence-corrected chi connectivity index (χ2v) is 8.43. The van der Waals surface area contributed by atoms with Crippen molar-refractivity contribution >= 4 is 0 Å². The zero-order valence-electron chi connectivity index (χ0n) is 17.0. The normalized spacial score (nSPS) is 13.9. The van der Waals surface area contributed by atoms with E-state index in [9.17, 15) is 0 Å². The summed E-state index contributed by atoms with van der Waals surface area (Å²) in [7, 11) is 8.73. The summed E-state index contributed by atoms with van der Waals surface area (Å²) in [5.74, 6) is 0. The van der Waals surface area contributed by atoms with Gasteiger partial charge in [0, 0.05) is 36.8 Å². The number of hydrogen-bond acceptors (Lipinski definition) is 4. The Balaban J connectivity index is 4.25. The van der Waals surface area contributed by atoms with E-state index < -0.39 is 0 Å². The van der Waals surface area contributed by atoms with Gasteiger partial charge in [-0.05, 0) is 82.7 Å². The first-order chi connectivity index (χ1) is 9.91. The average molecular weight is 315 g/mol. The molecule has 0 fully saturated rings. The summed E-state index contributed by atoms with van der Waals surface area (Å²) in [5.41, 5.74) is 0.365. The Morgan fingerprint density at radius 3 is 1.91 bits per heavy atom. The third-order valence-electron chi connectivity index (χ3n) is 5.16. The third kappa shape index (κ3) is 8.47. The van der Waals surface area contributed by atoms with E-state index in [1.54, 1.807) is 0 Å². The van der Waals surface area contributed by atoms with E-state index >= 15 is 0 Å². The Morgan fingerprint density at radius 2 is 1.45 bits per heavy atom. The Morgan fingerprint density at radius 1 is 0.909 bits per heavy atom. The van der Waals surface area contributed by atoms with Crippen molar-refractivity contribution in [2.24, 2.45) is 0 Å². The molecule has 0 bridgehead atoms. The molecule has 0 radical (unpaired) electrons. The fraction of sp³-hybridized carbons (Fsp3) is 1.00. The molecule has 22 heavy (non-hydrogen) atoms. The largest absolute Gasteiger partial charge is 0.314 e. The highest BCUT2D eigenvalue weighted by molar-refractivity contribution is 4.87. The van der Waals surface area contributed by atoms with E-state index in [-0.39, 0.29) is 11.1 Å². The minimum absolute atomic E-state index is 0.151. The Bertz CT molecular complexity index is 299. The van der Waals surface area contributed by atoms with Gasteiger partial charge in [0.25, 0.3) is 0 Å². The fourth-order valence-corrected chi connectivity index (χ4v) is 2.24. The van der Waals surface area contributed by atoms with Crippen molar-refractivity contribution in [2.75, 3.05) is 54.4 Å². The molecule has 0 aromatic rings. The molecule has 0 aromatic heterocycles. The fourth-order valence-electron chi connectivity index (χ4n) is 2.24. The van der Waals surface area contributed by atoms with Gasteiger partial charge < -0.3 is 15.1 Å². The van der Waals surface area contributed by atoms with Gasteiger partial charge in [0.2, 0.25) is 0 Å². The number of hydrogen-bond donors (Lipinski definition) is 1. The van der Waals surface area contributed by atoms with Crippen LogP contribution in [0.3, 0.4) is 0 Å². The van der Waals surface area contributed by atoms with Crippen LogP contribution in [-0.2, 0) is 0 Å². The van der Waals surface area contributed by atoms with Crippen LogP contribution in [-0.4, -0.2) is 86.2 Å². The predicted octanol–water partition coefficient (Wildman–Crippen LogP) is 2.36. The zero-order valence-corrected chi connectivity index (χ0v) is 17.0. The molecule has 0 heterocycles. The van der Waals surface area contributed by atoms with Crippen molar-refractivity contribution in [1.29, 1.82) is 0 Å². The van der Waals surface area contributed by atoms with Gasteiger partial charge in [0.1, 0.15) is 0 Å². The summed E-state index contributed by atoms with van der Waals surface area (Å²) in [6.45, 7) is 18.2. The minimum atomic E-state index is 0.151. The highest BCUT2D eigenvalue weighted by Crippen LogP contribution is 2.20. The lowest BCUT2D eigenvalue weighted by Crippen LogP contribution is -2.53. The maximum atomic E-state index is 3.39. The van der Waals surface area contributed by atoms with E-state index in [2.05, 4.69) is 82.7 Å². The standard InChI is InChI=1S/C18H42N4/c1-16(2)21(9)14-13-20(8)12-11-18(5,6)22(10)15-17(3,4)19-7/h16,19H,11-15H2,1-10H3. The van der Waals surface area contributed by atoms with Crippen LogP contribution < -0.4 is 5.32 Å². The zero-order chi connectivity index (χ0) is 17.6. The van der Waals surface area contributed by atoms with Crippen molar-refractivity contribution in [3.8, 4) is 0 Å². The Hall–Kier alpha value is -0.160. The molecule has 0 saturated carbocycles. The molecule has 0 saturated heterocycles. The highest BCUT2D eigenvalue weighted by atomic mass is 15.2. The molecule has 1 N–H and O–H groups in total. The maximum absolute atomic E-state index is 3.39. The van der Waals surface area contributed by atoms with Crippen LogP contribution in [0.2, 0.25) is 0 Å². The van der Waals surface area contributed by atoms with Gasteiger partial charge in [-0.2, -0.15) is 0 Å². The second-order valence-electron chi connectivity index (χ2n) is 8.43. The van der Waals surface area contributed by atoms with Gasteiger partial charge in [-0.3, -0.25) is 4.90 Å². The molecular weight excluding hydrogens is 272 g/mol. The van der Waals surface area contributed by atoms with Gasteiger partial charge in [-0.1, -0.05) is 0 Å². The lowest BCUT2D eigenvalue weighted by Gasteiger charge is -2.41. The van der Waals surface area contributed by atoms with Gasteiger partial charge >= 0.3 is 0 Å². The Labute approximate surface area is 140 Å². The molecule has 0 unspecified atom stereocenters. The summed E-state index contributed by atoms with van der Waals surface area (Å²) in [4.78, 5) is 7.35. The van der Waals surface area contributed by atoms with Crippen LogP contribution in [0, 0.1) is 0 Å². The van der Waals surface area contributed by atoms with Crippen LogP contribution in [0.25, 0.3) is 0 Å². The number of nitrogens with zero attached hydrogens (tertiary/aromatic N) is 3. The topological polar surface area (TPSA) is 21.8 Å². The van der Waals surface area contributed by atoms with Gasteiger partial charge in [0.05, 0.1) is 0 Å². The van der Waals surface area contributed by atoms with Crippen molar-refractivity contribution in [2.45, 2.75) is 65.1 Å². The predicted molar refractivity (Wildman–Crippen MR) is 99.7 cm³/mol. The smallest absolute Gasteiger partial charge is 0.0249 e. The van der Waals surface area contributed by atoms with Crippen molar-refractivity contribution in [3.05, 3.63) is 0 Å². The first-order valence-electron chi connectivity index (χ1n) is 8.70. The molecule has 4 nitrogen and oxygen atoms in total. The lowest BCUT2D eigenvalue weighted by molar-refractivity contribution is 0.0994. The van der Waals surface area contributed by atoms with Crippen LogP contribution in [0.15, 0.2) is 0 Å². The minimum Gasteiger partial charge on any atom is -0.314 e. The quantitative estimate of drug-likeness (QED) is 0.632. The van der Waals surface area contributed by atoms with E-state index in [1.807, 2.05) is 7.05 Å². The first kappa shape index (κ1) is 21.8. The van der Waals surface area contributed by atoms with Gasteiger partial charge in [-0.25, -0.2) is 0 Å². The van der Waals surface area contributed by atoms with Crippen molar-refractivity contribution in [3.63, 3.8) is 0 Å². The summed E-state index contributed by atoms with van der Waals surface area (Å²) in [6, 6.07) is 0.625. The third-order valence-corrected chi connectivity index (χ3v) is 5.16. The molecule has 0 aliphatic heterocycles. The van der Waals surface area contributed by atoms with E-state index in [1.165, 1.54) is 6.42 Å². The molecule has 0 aromatic carbocycles. The number of nitrogens with one attached hydrogen (secondary N) is 1. The molecule has 0 spiro atoms. The van der Waals surface area contributed by atoms with E-state index in [0.29, 0.717) is 6.04 Å². The molecule has 0 aliphatic carbocycles. The van der Waals surface area contributed by atoms with Crippen molar-refractivity contribution in [1.82, 2.24) is 20.0 Å². The van der Waals surface area contributed by atoms with Gasteiger partial charge in [0.15, 0.2) is 0 Å². The van der Waals surface area contributed by atoms with E-state index in [0.717, 1.165) is 26.2 Å².